The number of nitrogens with one attached hydrogen (secondary N) is 1. The highest BCUT2D eigenvalue weighted by Crippen LogP contribution is 2.16. The monoisotopic (exact) mass is 287 g/mol. The normalized spacial score (nSPS) is 10.7. The Kier molecular flexibility index (Phi) is 5.76. The Bertz CT molecular complexity index is 589. The minimum atomic E-state index is -3.64. The SMILES string of the molecule is COCCS(=O)(=O)Nc1ccc(C#CCO)cc1F. The molecule has 19 heavy (non-hydrogen) atoms. The number of halogens is 1. The third-order valence-corrected chi connectivity index (χ3v) is 3.34. The molecule has 2 N–H and O–H groups in total. The third-order valence-electron chi connectivity index (χ3n) is 2.10. The summed E-state index contributed by atoms with van der Waals surface area (Å²) in [6.07, 6.45) is 0. The molecule has 0 aromatic heterocycles. The lowest BCUT2D eigenvalue weighted by molar-refractivity contribution is 0.217. The largest absolute Gasteiger partial charge is 0.384 e. The zero-order chi connectivity index (χ0) is 14.3. The van der Waals surface area contributed by atoms with Gasteiger partial charge < -0.3 is 9.84 Å². The van der Waals surface area contributed by atoms with Crippen LogP contribution in [0.4, 0.5) is 10.1 Å². The molecule has 0 unspecified atom stereocenters. The molecule has 0 heterocycles. The van der Waals surface area contributed by atoms with E-state index >= 15 is 0 Å². The number of sulfonamides is 1. The van der Waals surface area contributed by atoms with Crippen molar-refractivity contribution in [2.45, 2.75) is 0 Å². The van der Waals surface area contributed by atoms with E-state index in [9.17, 15) is 12.8 Å². The Labute approximate surface area is 111 Å². The van der Waals surface area contributed by atoms with Gasteiger partial charge in [-0.2, -0.15) is 0 Å². The fourth-order valence-electron chi connectivity index (χ4n) is 1.23. The van der Waals surface area contributed by atoms with Crippen molar-refractivity contribution in [3.8, 4) is 11.8 Å². The standard InChI is InChI=1S/C12H14FNO4S/c1-18-7-8-19(16,17)14-12-5-4-10(3-2-6-15)9-11(12)13/h4-5,9,14-15H,6-8H2,1H3. The minimum Gasteiger partial charge on any atom is -0.384 e. The molecule has 1 aromatic carbocycles. The minimum absolute atomic E-state index is 0.0248. The number of methoxy groups -OCH3 is 1. The quantitative estimate of drug-likeness (QED) is 0.776. The van der Waals surface area contributed by atoms with Crippen LogP contribution in [0.5, 0.6) is 0 Å². The molecule has 7 heteroatoms. The lowest BCUT2D eigenvalue weighted by atomic mass is 10.2. The number of ether oxygens (including phenoxy) is 1. The Morgan fingerprint density at radius 3 is 2.79 bits per heavy atom. The number of rotatable bonds is 5. The molecule has 0 aliphatic carbocycles. The smallest absolute Gasteiger partial charge is 0.235 e. The van der Waals surface area contributed by atoms with E-state index in [1.165, 1.54) is 19.2 Å². The Morgan fingerprint density at radius 2 is 2.21 bits per heavy atom. The van der Waals surface area contributed by atoms with Crippen molar-refractivity contribution in [1.82, 2.24) is 0 Å². The molecular formula is C12H14FNO4S. The molecule has 0 saturated heterocycles. The van der Waals surface area contributed by atoms with Gasteiger partial charge in [0.1, 0.15) is 12.4 Å². The third kappa shape index (κ3) is 5.26. The molecule has 0 aliphatic heterocycles. The molecular weight excluding hydrogens is 273 g/mol. The van der Waals surface area contributed by atoms with E-state index < -0.39 is 15.8 Å². The van der Waals surface area contributed by atoms with Crippen LogP contribution in [-0.2, 0) is 14.8 Å². The first-order chi connectivity index (χ1) is 8.98. The second-order valence-electron chi connectivity index (χ2n) is 3.57. The maximum Gasteiger partial charge on any atom is 0.235 e. The number of aliphatic hydroxyl groups excluding tert-OH is 1. The van der Waals surface area contributed by atoms with Crippen LogP contribution >= 0.6 is 0 Å². The first-order valence-corrected chi connectivity index (χ1v) is 7.02. The molecule has 0 spiro atoms. The Morgan fingerprint density at radius 1 is 1.47 bits per heavy atom. The zero-order valence-corrected chi connectivity index (χ0v) is 11.1. The van der Waals surface area contributed by atoms with Crippen LogP contribution in [-0.4, -0.2) is 39.6 Å². The van der Waals surface area contributed by atoms with Gasteiger partial charge in [-0.25, -0.2) is 12.8 Å². The molecule has 0 atom stereocenters. The van der Waals surface area contributed by atoms with E-state index in [0.29, 0.717) is 5.56 Å². The van der Waals surface area contributed by atoms with Gasteiger partial charge in [-0.1, -0.05) is 11.8 Å². The van der Waals surface area contributed by atoms with Crippen LogP contribution in [0.3, 0.4) is 0 Å². The highest BCUT2D eigenvalue weighted by Gasteiger charge is 2.13. The van der Waals surface area contributed by atoms with Crippen molar-refractivity contribution in [3.63, 3.8) is 0 Å². The lowest BCUT2D eigenvalue weighted by Gasteiger charge is -2.08. The summed E-state index contributed by atoms with van der Waals surface area (Å²) in [7, 11) is -2.26. The van der Waals surface area contributed by atoms with Crippen molar-refractivity contribution in [2.24, 2.45) is 0 Å². The summed E-state index contributed by atoms with van der Waals surface area (Å²) in [6, 6.07) is 3.83. The summed E-state index contributed by atoms with van der Waals surface area (Å²) in [4.78, 5) is 0. The second kappa shape index (κ2) is 7.09. The molecule has 0 fully saturated rings. The highest BCUT2D eigenvalue weighted by molar-refractivity contribution is 7.92. The molecule has 1 rings (SSSR count). The number of hydrogen-bond acceptors (Lipinski definition) is 4. The summed E-state index contributed by atoms with van der Waals surface area (Å²) < 4.78 is 43.5. The van der Waals surface area contributed by atoms with Gasteiger partial charge in [0, 0.05) is 12.7 Å². The fourth-order valence-corrected chi connectivity index (χ4v) is 2.22. The molecule has 0 amide bonds. The van der Waals surface area contributed by atoms with E-state index in [1.807, 2.05) is 0 Å². The predicted octanol–water partition coefficient (Wildman–Crippen LogP) is 0.558. The van der Waals surface area contributed by atoms with Gasteiger partial charge >= 0.3 is 0 Å². The summed E-state index contributed by atoms with van der Waals surface area (Å²) >= 11 is 0. The van der Waals surface area contributed by atoms with Gasteiger partial charge in [0.2, 0.25) is 10.0 Å². The summed E-state index contributed by atoms with van der Waals surface area (Å²) in [5.41, 5.74) is 0.206. The molecule has 0 aliphatic rings. The van der Waals surface area contributed by atoms with Gasteiger partial charge in [-0.3, -0.25) is 4.72 Å². The summed E-state index contributed by atoms with van der Waals surface area (Å²) in [5, 5.41) is 8.52. The van der Waals surface area contributed by atoms with E-state index in [2.05, 4.69) is 21.3 Å². The van der Waals surface area contributed by atoms with Crippen LogP contribution in [0.1, 0.15) is 5.56 Å². The zero-order valence-electron chi connectivity index (χ0n) is 10.3. The van der Waals surface area contributed by atoms with Crippen molar-refractivity contribution in [3.05, 3.63) is 29.6 Å². The lowest BCUT2D eigenvalue weighted by Crippen LogP contribution is -2.20. The molecule has 0 radical (unpaired) electrons. The van der Waals surface area contributed by atoms with Crippen LogP contribution in [0.25, 0.3) is 0 Å². The summed E-state index contributed by atoms with van der Waals surface area (Å²) in [5.74, 6) is 3.91. The molecule has 0 bridgehead atoms. The van der Waals surface area contributed by atoms with E-state index in [-0.39, 0.29) is 24.7 Å². The maximum absolute atomic E-state index is 13.6. The maximum atomic E-state index is 13.6. The van der Waals surface area contributed by atoms with Crippen LogP contribution in [0.2, 0.25) is 0 Å². The van der Waals surface area contributed by atoms with Crippen LogP contribution < -0.4 is 4.72 Å². The Balaban J connectivity index is 2.86. The number of benzene rings is 1. The van der Waals surface area contributed by atoms with Gasteiger partial charge in [0.25, 0.3) is 0 Å². The second-order valence-corrected chi connectivity index (χ2v) is 5.41. The molecule has 104 valence electrons. The number of anilines is 1. The molecule has 0 saturated carbocycles. The predicted molar refractivity (Wildman–Crippen MR) is 69.6 cm³/mol. The topological polar surface area (TPSA) is 75.6 Å². The van der Waals surface area contributed by atoms with E-state index in [4.69, 9.17) is 5.11 Å². The van der Waals surface area contributed by atoms with Crippen molar-refractivity contribution >= 4 is 15.7 Å². The van der Waals surface area contributed by atoms with Gasteiger partial charge in [0.15, 0.2) is 0 Å². The van der Waals surface area contributed by atoms with Gasteiger partial charge in [-0.05, 0) is 18.2 Å². The van der Waals surface area contributed by atoms with E-state index in [1.54, 1.807) is 0 Å². The van der Waals surface area contributed by atoms with Gasteiger partial charge in [0.05, 0.1) is 18.0 Å². The van der Waals surface area contributed by atoms with Gasteiger partial charge in [-0.15, -0.1) is 0 Å². The molecule has 1 aromatic rings. The van der Waals surface area contributed by atoms with Crippen molar-refractivity contribution in [2.75, 3.05) is 30.8 Å². The van der Waals surface area contributed by atoms with E-state index in [0.717, 1.165) is 6.07 Å². The average Bonchev–Trinajstić information content (AvgIpc) is 2.37. The Hall–Kier alpha value is -1.62. The van der Waals surface area contributed by atoms with Crippen LogP contribution in [0, 0.1) is 17.7 Å². The number of hydrogen-bond donors (Lipinski definition) is 2. The fraction of sp³-hybridized carbons (Fsp3) is 0.333. The van der Waals surface area contributed by atoms with Crippen molar-refractivity contribution < 1.29 is 22.7 Å². The highest BCUT2D eigenvalue weighted by atomic mass is 32.2. The number of aliphatic hydroxyl groups is 1. The first-order valence-electron chi connectivity index (χ1n) is 5.37. The van der Waals surface area contributed by atoms with Crippen molar-refractivity contribution in [1.29, 1.82) is 0 Å². The summed E-state index contributed by atoms with van der Waals surface area (Å²) in [6.45, 7) is -0.302. The first kappa shape index (κ1) is 15.4. The van der Waals surface area contributed by atoms with Crippen LogP contribution in [0.15, 0.2) is 18.2 Å². The average molecular weight is 287 g/mol. The molecule has 5 nitrogen and oxygen atoms in total.